The van der Waals surface area contributed by atoms with Crippen LogP contribution in [0.1, 0.15) is 21.6 Å². The SMILES string of the molecule is Cc1ccc(-n2ncc(C(=O)NCC3CNC3)c2C(F)(F)F)cc1.Cl. The van der Waals surface area contributed by atoms with Gasteiger partial charge in [-0.05, 0) is 19.1 Å². The summed E-state index contributed by atoms with van der Waals surface area (Å²) >= 11 is 0. The highest BCUT2D eigenvalue weighted by molar-refractivity contribution is 5.95. The zero-order chi connectivity index (χ0) is 17.3. The summed E-state index contributed by atoms with van der Waals surface area (Å²) in [5.74, 6) is -0.497. The second kappa shape index (κ2) is 7.45. The fourth-order valence-corrected chi connectivity index (χ4v) is 2.49. The van der Waals surface area contributed by atoms with Crippen molar-refractivity contribution < 1.29 is 18.0 Å². The highest BCUT2D eigenvalue weighted by atomic mass is 35.5. The van der Waals surface area contributed by atoms with Crippen LogP contribution < -0.4 is 10.6 Å². The molecule has 5 nitrogen and oxygen atoms in total. The molecule has 2 N–H and O–H groups in total. The number of amides is 1. The Kier molecular flexibility index (Phi) is 5.74. The number of alkyl halides is 3. The van der Waals surface area contributed by atoms with Crippen molar-refractivity contribution in [2.45, 2.75) is 13.1 Å². The van der Waals surface area contributed by atoms with E-state index in [1.54, 1.807) is 24.3 Å². The van der Waals surface area contributed by atoms with Crippen LogP contribution in [-0.4, -0.2) is 35.3 Å². The largest absolute Gasteiger partial charge is 0.434 e. The van der Waals surface area contributed by atoms with Crippen molar-refractivity contribution in [3.05, 3.63) is 47.3 Å². The van der Waals surface area contributed by atoms with Crippen molar-refractivity contribution in [2.75, 3.05) is 19.6 Å². The molecule has 1 aliphatic rings. The molecule has 25 heavy (non-hydrogen) atoms. The summed E-state index contributed by atoms with van der Waals surface area (Å²) in [5, 5.41) is 9.39. The van der Waals surface area contributed by atoms with Gasteiger partial charge >= 0.3 is 6.18 Å². The molecule has 1 saturated heterocycles. The highest BCUT2D eigenvalue weighted by Gasteiger charge is 2.40. The van der Waals surface area contributed by atoms with E-state index < -0.39 is 23.3 Å². The molecule has 1 fully saturated rings. The lowest BCUT2D eigenvalue weighted by atomic mass is 10.0. The van der Waals surface area contributed by atoms with Gasteiger partial charge in [0.2, 0.25) is 0 Å². The molecule has 1 aliphatic heterocycles. The average molecular weight is 375 g/mol. The third kappa shape index (κ3) is 4.13. The van der Waals surface area contributed by atoms with Crippen LogP contribution in [0, 0.1) is 12.8 Å². The molecule has 0 bridgehead atoms. The molecule has 2 heterocycles. The predicted octanol–water partition coefficient (Wildman–Crippen LogP) is 2.57. The number of benzene rings is 1. The Labute approximate surface area is 149 Å². The first-order chi connectivity index (χ1) is 11.4. The highest BCUT2D eigenvalue weighted by Crippen LogP contribution is 2.33. The van der Waals surface area contributed by atoms with Gasteiger partial charge in [0.05, 0.1) is 17.4 Å². The molecular weight excluding hydrogens is 357 g/mol. The summed E-state index contributed by atoms with van der Waals surface area (Å²) in [4.78, 5) is 12.2. The number of hydrogen-bond acceptors (Lipinski definition) is 3. The number of carbonyl (C=O) groups excluding carboxylic acids is 1. The number of aryl methyl sites for hydroxylation is 1. The summed E-state index contributed by atoms with van der Waals surface area (Å²) in [6.45, 7) is 3.70. The van der Waals surface area contributed by atoms with Gasteiger partial charge in [-0.3, -0.25) is 4.79 Å². The van der Waals surface area contributed by atoms with Crippen LogP contribution in [0.15, 0.2) is 30.5 Å². The predicted molar refractivity (Wildman–Crippen MR) is 89.2 cm³/mol. The van der Waals surface area contributed by atoms with Gasteiger partial charge in [-0.1, -0.05) is 17.7 Å². The monoisotopic (exact) mass is 374 g/mol. The molecule has 1 aromatic heterocycles. The minimum atomic E-state index is -4.69. The Morgan fingerprint density at radius 1 is 1.32 bits per heavy atom. The lowest BCUT2D eigenvalue weighted by Crippen LogP contribution is -2.48. The van der Waals surface area contributed by atoms with E-state index in [0.29, 0.717) is 6.54 Å². The summed E-state index contributed by atoms with van der Waals surface area (Å²) < 4.78 is 41.2. The van der Waals surface area contributed by atoms with E-state index in [9.17, 15) is 18.0 Å². The first-order valence-electron chi connectivity index (χ1n) is 7.57. The van der Waals surface area contributed by atoms with Crippen LogP contribution in [0.5, 0.6) is 0 Å². The fraction of sp³-hybridized carbons (Fsp3) is 0.375. The first-order valence-corrected chi connectivity index (χ1v) is 7.57. The molecule has 0 atom stereocenters. The molecule has 0 radical (unpaired) electrons. The van der Waals surface area contributed by atoms with Gasteiger partial charge in [-0.15, -0.1) is 12.4 Å². The number of nitrogens with zero attached hydrogens (tertiary/aromatic N) is 2. The Balaban J connectivity index is 0.00000225. The quantitative estimate of drug-likeness (QED) is 0.864. The number of halogens is 4. The van der Waals surface area contributed by atoms with E-state index >= 15 is 0 Å². The number of nitrogens with one attached hydrogen (secondary N) is 2. The van der Waals surface area contributed by atoms with Crippen LogP contribution in [0.3, 0.4) is 0 Å². The van der Waals surface area contributed by atoms with Gasteiger partial charge in [0.1, 0.15) is 0 Å². The van der Waals surface area contributed by atoms with Gasteiger partial charge in [-0.25, -0.2) is 4.68 Å². The zero-order valence-electron chi connectivity index (χ0n) is 13.4. The van der Waals surface area contributed by atoms with Crippen molar-refractivity contribution in [3.63, 3.8) is 0 Å². The smallest absolute Gasteiger partial charge is 0.352 e. The molecule has 2 aromatic rings. The molecule has 136 valence electrons. The van der Waals surface area contributed by atoms with Crippen LogP contribution in [0.25, 0.3) is 5.69 Å². The van der Waals surface area contributed by atoms with Crippen molar-refractivity contribution in [3.8, 4) is 5.69 Å². The number of rotatable bonds is 4. The van der Waals surface area contributed by atoms with E-state index in [-0.39, 0.29) is 24.0 Å². The van der Waals surface area contributed by atoms with Gasteiger partial charge < -0.3 is 10.6 Å². The maximum Gasteiger partial charge on any atom is 0.434 e. The van der Waals surface area contributed by atoms with Crippen LogP contribution in [0.4, 0.5) is 13.2 Å². The van der Waals surface area contributed by atoms with E-state index in [0.717, 1.165) is 29.5 Å². The Hall–Kier alpha value is -2.06. The maximum absolute atomic E-state index is 13.5. The molecular formula is C16H18ClF3N4O. The van der Waals surface area contributed by atoms with E-state index in [4.69, 9.17) is 0 Å². The number of carbonyl (C=O) groups is 1. The van der Waals surface area contributed by atoms with E-state index in [1.807, 2.05) is 6.92 Å². The zero-order valence-corrected chi connectivity index (χ0v) is 14.2. The standard InChI is InChI=1S/C16H17F3N4O.ClH/c1-10-2-4-12(5-3-10)23-14(16(17,18)19)13(9-22-23)15(24)21-8-11-6-20-7-11;/h2-5,9,11,20H,6-8H2,1H3,(H,21,24);1H. The lowest BCUT2D eigenvalue weighted by Gasteiger charge is -2.27. The summed E-state index contributed by atoms with van der Waals surface area (Å²) in [5.41, 5.74) is -0.340. The Bertz CT molecular complexity index is 739. The van der Waals surface area contributed by atoms with Gasteiger partial charge in [-0.2, -0.15) is 18.3 Å². The molecule has 9 heteroatoms. The topological polar surface area (TPSA) is 59.0 Å². The van der Waals surface area contributed by atoms with E-state index in [2.05, 4.69) is 15.7 Å². The van der Waals surface area contributed by atoms with Gasteiger partial charge in [0.25, 0.3) is 5.91 Å². The normalized spacial score (nSPS) is 14.6. The molecule has 0 unspecified atom stereocenters. The third-order valence-corrected chi connectivity index (χ3v) is 3.98. The minimum absolute atomic E-state index is 0. The van der Waals surface area contributed by atoms with Crippen LogP contribution in [0.2, 0.25) is 0 Å². The molecule has 0 spiro atoms. The van der Waals surface area contributed by atoms with Crippen molar-refractivity contribution in [2.24, 2.45) is 5.92 Å². The van der Waals surface area contributed by atoms with Crippen molar-refractivity contribution in [1.29, 1.82) is 0 Å². The lowest BCUT2D eigenvalue weighted by molar-refractivity contribution is -0.143. The molecule has 0 saturated carbocycles. The molecule has 1 amide bonds. The third-order valence-electron chi connectivity index (χ3n) is 3.98. The Morgan fingerprint density at radius 2 is 1.96 bits per heavy atom. The van der Waals surface area contributed by atoms with Gasteiger partial charge in [0, 0.05) is 25.6 Å². The fourth-order valence-electron chi connectivity index (χ4n) is 2.49. The van der Waals surface area contributed by atoms with E-state index in [1.165, 1.54) is 0 Å². The first kappa shape index (κ1) is 19.3. The summed E-state index contributed by atoms with van der Waals surface area (Å²) in [6, 6.07) is 6.47. The maximum atomic E-state index is 13.5. The van der Waals surface area contributed by atoms with Crippen LogP contribution >= 0.6 is 12.4 Å². The van der Waals surface area contributed by atoms with Crippen molar-refractivity contribution >= 4 is 18.3 Å². The second-order valence-corrected chi connectivity index (χ2v) is 5.89. The molecule has 3 rings (SSSR count). The van der Waals surface area contributed by atoms with Crippen molar-refractivity contribution in [1.82, 2.24) is 20.4 Å². The Morgan fingerprint density at radius 3 is 2.48 bits per heavy atom. The van der Waals surface area contributed by atoms with Gasteiger partial charge in [0.15, 0.2) is 5.69 Å². The van der Waals surface area contributed by atoms with Crippen LogP contribution in [-0.2, 0) is 6.18 Å². The number of aromatic nitrogens is 2. The summed E-state index contributed by atoms with van der Waals surface area (Å²) in [7, 11) is 0. The molecule has 0 aliphatic carbocycles. The average Bonchev–Trinajstić information content (AvgIpc) is 2.91. The second-order valence-electron chi connectivity index (χ2n) is 5.89. The molecule has 1 aromatic carbocycles. The summed E-state index contributed by atoms with van der Waals surface area (Å²) in [6.07, 6.45) is -3.72. The minimum Gasteiger partial charge on any atom is -0.352 e. The number of hydrogen-bond donors (Lipinski definition) is 2.